The highest BCUT2D eigenvalue weighted by molar-refractivity contribution is 8.01. The van der Waals surface area contributed by atoms with Crippen molar-refractivity contribution in [3.05, 3.63) is 5.82 Å². The minimum atomic E-state index is 0.653. The lowest BCUT2D eigenvalue weighted by Crippen LogP contribution is -2.24. The normalized spacial score (nSPS) is 25.8. The zero-order valence-corrected chi connectivity index (χ0v) is 12.0. The van der Waals surface area contributed by atoms with Gasteiger partial charge in [0.05, 0.1) is 0 Å². The van der Waals surface area contributed by atoms with Gasteiger partial charge in [-0.2, -0.15) is 4.37 Å². The number of nitrogens with zero attached hydrogens (tertiary/aromatic N) is 2. The van der Waals surface area contributed by atoms with E-state index in [1.807, 2.05) is 11.8 Å². The van der Waals surface area contributed by atoms with Crippen molar-refractivity contribution in [1.82, 2.24) is 9.36 Å². The van der Waals surface area contributed by atoms with Gasteiger partial charge in [-0.25, -0.2) is 4.98 Å². The van der Waals surface area contributed by atoms with E-state index in [1.165, 1.54) is 32.1 Å². The van der Waals surface area contributed by atoms with Crippen molar-refractivity contribution in [1.29, 1.82) is 0 Å². The van der Waals surface area contributed by atoms with E-state index in [0.717, 1.165) is 23.1 Å². The molecule has 2 N–H and O–H groups in total. The maximum absolute atomic E-state index is 5.90. The fourth-order valence-electron chi connectivity index (χ4n) is 2.33. The fourth-order valence-corrected chi connectivity index (χ4v) is 4.63. The van der Waals surface area contributed by atoms with Crippen molar-refractivity contribution in [2.24, 2.45) is 11.7 Å². The zero-order chi connectivity index (χ0) is 12.1. The van der Waals surface area contributed by atoms with E-state index in [9.17, 15) is 0 Å². The molecular weight excluding hydrogens is 250 g/mol. The molecule has 0 radical (unpaired) electrons. The number of nitrogens with two attached hydrogens (primary N) is 1. The highest BCUT2D eigenvalue weighted by Crippen LogP contribution is 2.36. The van der Waals surface area contributed by atoms with Gasteiger partial charge >= 0.3 is 0 Å². The summed E-state index contributed by atoms with van der Waals surface area (Å²) in [5.41, 5.74) is 5.90. The van der Waals surface area contributed by atoms with Crippen LogP contribution < -0.4 is 5.73 Å². The summed E-state index contributed by atoms with van der Waals surface area (Å²) in [5.74, 6) is 1.65. The van der Waals surface area contributed by atoms with Gasteiger partial charge in [-0.1, -0.05) is 37.9 Å². The molecule has 1 aliphatic carbocycles. The van der Waals surface area contributed by atoms with Gasteiger partial charge in [0.25, 0.3) is 0 Å². The van der Waals surface area contributed by atoms with Crippen molar-refractivity contribution < 1.29 is 0 Å². The van der Waals surface area contributed by atoms with E-state index >= 15 is 0 Å². The van der Waals surface area contributed by atoms with E-state index < -0.39 is 0 Å². The number of aryl methyl sites for hydroxylation is 1. The molecule has 3 nitrogen and oxygen atoms in total. The van der Waals surface area contributed by atoms with Crippen LogP contribution in [0.5, 0.6) is 0 Å². The highest BCUT2D eigenvalue weighted by atomic mass is 32.2. The number of hydrogen-bond acceptors (Lipinski definition) is 5. The van der Waals surface area contributed by atoms with Crippen molar-refractivity contribution in [2.75, 3.05) is 6.54 Å². The van der Waals surface area contributed by atoms with Crippen LogP contribution in [0.4, 0.5) is 0 Å². The molecule has 0 saturated heterocycles. The molecule has 0 aliphatic heterocycles. The molecule has 1 aromatic rings. The van der Waals surface area contributed by atoms with Gasteiger partial charge in [0.2, 0.25) is 0 Å². The first-order valence-corrected chi connectivity index (χ1v) is 8.18. The van der Waals surface area contributed by atoms with Crippen molar-refractivity contribution in [3.63, 3.8) is 0 Å². The Morgan fingerprint density at radius 3 is 2.88 bits per heavy atom. The van der Waals surface area contributed by atoms with Gasteiger partial charge in [-0.05, 0) is 36.8 Å². The SMILES string of the molecule is CCc1nsc(SC2CCCCCC2CN)n1. The average Bonchev–Trinajstić information content (AvgIpc) is 2.68. The Labute approximate surface area is 112 Å². The first-order valence-electron chi connectivity index (χ1n) is 6.52. The van der Waals surface area contributed by atoms with E-state index in [2.05, 4.69) is 16.3 Å². The molecule has 2 unspecified atom stereocenters. The van der Waals surface area contributed by atoms with E-state index in [1.54, 1.807) is 11.5 Å². The highest BCUT2D eigenvalue weighted by Gasteiger charge is 2.24. The van der Waals surface area contributed by atoms with Crippen LogP contribution in [0.3, 0.4) is 0 Å². The molecule has 0 bridgehead atoms. The minimum Gasteiger partial charge on any atom is -0.330 e. The van der Waals surface area contributed by atoms with Crippen LogP contribution in [0, 0.1) is 5.92 Å². The largest absolute Gasteiger partial charge is 0.330 e. The quantitative estimate of drug-likeness (QED) is 0.855. The Morgan fingerprint density at radius 2 is 2.18 bits per heavy atom. The second-order valence-electron chi connectivity index (χ2n) is 4.62. The predicted octanol–water partition coefficient (Wildman–Crippen LogP) is 3.10. The Kier molecular flexibility index (Phi) is 5.25. The standard InChI is InChI=1S/C12H21N3S2/c1-2-11-14-12(17-15-11)16-10-7-5-3-4-6-9(10)8-13/h9-10H,2-8,13H2,1H3. The second kappa shape index (κ2) is 6.71. The van der Waals surface area contributed by atoms with Crippen LogP contribution in [0.25, 0.3) is 0 Å². The Bertz CT molecular complexity index is 340. The van der Waals surface area contributed by atoms with Gasteiger partial charge in [0.1, 0.15) is 5.82 Å². The first-order chi connectivity index (χ1) is 8.33. The number of hydrogen-bond donors (Lipinski definition) is 1. The molecule has 2 atom stereocenters. The second-order valence-corrected chi connectivity index (χ2v) is 6.86. The maximum atomic E-state index is 5.90. The molecule has 2 rings (SSSR count). The van der Waals surface area contributed by atoms with Gasteiger partial charge in [-0.3, -0.25) is 0 Å². The van der Waals surface area contributed by atoms with Gasteiger partial charge in [0.15, 0.2) is 4.34 Å². The van der Waals surface area contributed by atoms with Crippen LogP contribution in [-0.2, 0) is 6.42 Å². The molecule has 5 heteroatoms. The lowest BCUT2D eigenvalue weighted by molar-refractivity contribution is 0.483. The molecular formula is C12H21N3S2. The summed E-state index contributed by atoms with van der Waals surface area (Å²) in [6.07, 6.45) is 7.55. The van der Waals surface area contributed by atoms with Crippen molar-refractivity contribution in [2.45, 2.75) is 55.0 Å². The Hall–Kier alpha value is -0.130. The van der Waals surface area contributed by atoms with Crippen LogP contribution in [0.2, 0.25) is 0 Å². The molecule has 1 heterocycles. The average molecular weight is 271 g/mol. The molecule has 0 amide bonds. The lowest BCUT2D eigenvalue weighted by atomic mass is 10.0. The molecule has 1 fully saturated rings. The van der Waals surface area contributed by atoms with E-state index in [-0.39, 0.29) is 0 Å². The summed E-state index contributed by atoms with van der Waals surface area (Å²) in [6, 6.07) is 0. The summed E-state index contributed by atoms with van der Waals surface area (Å²) in [6.45, 7) is 2.92. The van der Waals surface area contributed by atoms with Crippen LogP contribution in [0.1, 0.15) is 44.9 Å². The number of rotatable bonds is 4. The maximum Gasteiger partial charge on any atom is 0.170 e. The molecule has 17 heavy (non-hydrogen) atoms. The topological polar surface area (TPSA) is 51.8 Å². The summed E-state index contributed by atoms with van der Waals surface area (Å²) in [4.78, 5) is 4.55. The molecule has 0 aromatic carbocycles. The summed E-state index contributed by atoms with van der Waals surface area (Å²) >= 11 is 3.46. The predicted molar refractivity (Wildman–Crippen MR) is 74.6 cm³/mol. The summed E-state index contributed by atoms with van der Waals surface area (Å²) in [7, 11) is 0. The van der Waals surface area contributed by atoms with Crippen LogP contribution >= 0.6 is 23.3 Å². The molecule has 1 aliphatic rings. The fraction of sp³-hybridized carbons (Fsp3) is 0.833. The zero-order valence-electron chi connectivity index (χ0n) is 10.4. The monoisotopic (exact) mass is 271 g/mol. The first kappa shape index (κ1) is 13.3. The van der Waals surface area contributed by atoms with Crippen molar-refractivity contribution >= 4 is 23.3 Å². The summed E-state index contributed by atoms with van der Waals surface area (Å²) < 4.78 is 5.48. The smallest absolute Gasteiger partial charge is 0.170 e. The molecule has 1 saturated carbocycles. The Morgan fingerprint density at radius 1 is 1.35 bits per heavy atom. The van der Waals surface area contributed by atoms with Crippen LogP contribution in [-0.4, -0.2) is 21.2 Å². The molecule has 0 spiro atoms. The third-order valence-corrected chi connectivity index (χ3v) is 5.69. The third kappa shape index (κ3) is 3.66. The third-order valence-electron chi connectivity index (χ3n) is 3.41. The van der Waals surface area contributed by atoms with E-state index in [4.69, 9.17) is 5.73 Å². The molecule has 96 valence electrons. The van der Waals surface area contributed by atoms with Crippen molar-refractivity contribution in [3.8, 4) is 0 Å². The van der Waals surface area contributed by atoms with Gasteiger partial charge in [-0.15, -0.1) is 0 Å². The minimum absolute atomic E-state index is 0.653. The van der Waals surface area contributed by atoms with Gasteiger partial charge < -0.3 is 5.73 Å². The van der Waals surface area contributed by atoms with Gasteiger partial charge in [0, 0.05) is 11.7 Å². The van der Waals surface area contributed by atoms with Crippen LogP contribution in [0.15, 0.2) is 4.34 Å². The van der Waals surface area contributed by atoms with E-state index in [0.29, 0.717) is 11.2 Å². The summed E-state index contributed by atoms with van der Waals surface area (Å²) in [5, 5.41) is 0.653. The Balaban J connectivity index is 1.99. The lowest BCUT2D eigenvalue weighted by Gasteiger charge is -2.21. The molecule has 1 aromatic heterocycles. The number of aromatic nitrogens is 2. The number of thioether (sulfide) groups is 1.